The van der Waals surface area contributed by atoms with Crippen LogP contribution < -0.4 is 19.3 Å². The van der Waals surface area contributed by atoms with Crippen LogP contribution in [0.2, 0.25) is 0 Å². The van der Waals surface area contributed by atoms with E-state index in [0.29, 0.717) is 31.9 Å². The molecule has 0 amide bonds. The van der Waals surface area contributed by atoms with Gasteiger partial charge in [0, 0.05) is 57.3 Å². The Morgan fingerprint density at radius 1 is 0.929 bits per heavy atom. The van der Waals surface area contributed by atoms with Gasteiger partial charge in [0.1, 0.15) is 23.0 Å². The van der Waals surface area contributed by atoms with E-state index in [9.17, 15) is 18.0 Å². The fourth-order valence-electron chi connectivity index (χ4n) is 5.41. The van der Waals surface area contributed by atoms with Gasteiger partial charge in [-0.05, 0) is 36.4 Å². The summed E-state index contributed by atoms with van der Waals surface area (Å²) in [5.41, 5.74) is -1.70. The molecule has 2 aliphatic rings. The van der Waals surface area contributed by atoms with Crippen molar-refractivity contribution < 1.29 is 36.6 Å². The second kappa shape index (κ2) is 11.1. The van der Waals surface area contributed by atoms with Gasteiger partial charge in [0.15, 0.2) is 0 Å². The SMILES string of the molecule is COc1cccc(N2CCN(C3=Nc4c(F)cccc4[C@](C)(OC(C)=O)N3c3cc(C(F)(F)F)ccc3OC)CC2)c1. The van der Waals surface area contributed by atoms with Crippen LogP contribution in [-0.4, -0.2) is 57.2 Å². The van der Waals surface area contributed by atoms with Crippen LogP contribution in [0.4, 0.5) is 34.6 Å². The number of benzene rings is 3. The molecule has 0 unspecified atom stereocenters. The third-order valence-electron chi connectivity index (χ3n) is 7.40. The zero-order chi connectivity index (χ0) is 30.2. The maximum absolute atomic E-state index is 15.3. The van der Waals surface area contributed by atoms with Crippen molar-refractivity contribution in [1.29, 1.82) is 0 Å². The molecule has 3 aromatic rings. The van der Waals surface area contributed by atoms with E-state index in [0.717, 1.165) is 17.8 Å². The number of halogens is 4. The van der Waals surface area contributed by atoms with Crippen LogP contribution in [-0.2, 0) is 21.4 Å². The highest BCUT2D eigenvalue weighted by atomic mass is 19.4. The van der Waals surface area contributed by atoms with Gasteiger partial charge in [0.2, 0.25) is 11.7 Å². The lowest BCUT2D eigenvalue weighted by molar-refractivity contribution is -0.155. The first-order valence-corrected chi connectivity index (χ1v) is 13.2. The third kappa shape index (κ3) is 5.28. The second-order valence-electron chi connectivity index (χ2n) is 10.0. The summed E-state index contributed by atoms with van der Waals surface area (Å²) in [6, 6.07) is 14.8. The second-order valence-corrected chi connectivity index (χ2v) is 10.0. The fourth-order valence-corrected chi connectivity index (χ4v) is 5.41. The van der Waals surface area contributed by atoms with Gasteiger partial charge in [-0.1, -0.05) is 18.2 Å². The molecule has 0 spiro atoms. The first kappa shape index (κ1) is 29.0. The number of alkyl halides is 3. The Balaban J connectivity index is 1.65. The number of rotatable bonds is 5. The molecule has 42 heavy (non-hydrogen) atoms. The van der Waals surface area contributed by atoms with Crippen LogP contribution in [0.5, 0.6) is 11.5 Å². The average Bonchev–Trinajstić information content (AvgIpc) is 2.96. The quantitative estimate of drug-likeness (QED) is 0.271. The largest absolute Gasteiger partial charge is 0.497 e. The Bertz CT molecular complexity index is 1520. The van der Waals surface area contributed by atoms with Crippen LogP contribution in [0.15, 0.2) is 65.7 Å². The number of methoxy groups -OCH3 is 2. The van der Waals surface area contributed by atoms with E-state index >= 15 is 4.39 Å². The summed E-state index contributed by atoms with van der Waals surface area (Å²) in [7, 11) is 2.92. The molecule has 0 saturated carbocycles. The summed E-state index contributed by atoms with van der Waals surface area (Å²) in [4.78, 5) is 22.5. The van der Waals surface area contributed by atoms with Crippen LogP contribution in [0.3, 0.4) is 0 Å². The third-order valence-corrected chi connectivity index (χ3v) is 7.40. The fraction of sp³-hybridized carbons (Fsp3) is 0.333. The minimum Gasteiger partial charge on any atom is -0.497 e. The van der Waals surface area contributed by atoms with Crippen molar-refractivity contribution in [3.05, 3.63) is 77.6 Å². The predicted molar refractivity (Wildman–Crippen MR) is 150 cm³/mol. The van der Waals surface area contributed by atoms with Gasteiger partial charge < -0.3 is 24.0 Å². The van der Waals surface area contributed by atoms with E-state index in [1.165, 1.54) is 50.1 Å². The number of aliphatic imine (C=N–C) groups is 1. The molecule has 0 radical (unpaired) electrons. The van der Waals surface area contributed by atoms with E-state index in [-0.39, 0.29) is 28.6 Å². The number of para-hydroxylation sites is 1. The molecule has 0 aliphatic carbocycles. The van der Waals surface area contributed by atoms with Gasteiger partial charge in [-0.3, -0.25) is 9.69 Å². The molecular formula is C30H30F4N4O4. The number of anilines is 2. The standard InChI is InChI=1S/C30H30F4N4O4/c1-19(39)42-29(2)23-9-6-10-24(31)27(23)35-28(38(29)25-17-20(30(32,33)34)11-12-26(25)41-4)37-15-13-36(14-16-37)21-7-5-8-22(18-21)40-3/h5-12,17-18H,13-16H2,1-4H3/t29-/m0/s1. The van der Waals surface area contributed by atoms with Gasteiger partial charge in [-0.2, -0.15) is 13.2 Å². The summed E-state index contributed by atoms with van der Waals surface area (Å²) in [6.45, 7) is 4.50. The van der Waals surface area contributed by atoms with Gasteiger partial charge in [0.25, 0.3) is 0 Å². The zero-order valence-corrected chi connectivity index (χ0v) is 23.5. The summed E-state index contributed by atoms with van der Waals surface area (Å²) in [6.07, 6.45) is -4.67. The lowest BCUT2D eigenvalue weighted by Crippen LogP contribution is -2.61. The molecule has 1 fully saturated rings. The molecule has 1 atom stereocenters. The average molecular weight is 587 g/mol. The number of ether oxygens (including phenoxy) is 3. The number of carbonyl (C=O) groups excluding carboxylic acids is 1. The molecule has 0 N–H and O–H groups in total. The van der Waals surface area contributed by atoms with Crippen LogP contribution in [0, 0.1) is 5.82 Å². The number of hydrogen-bond acceptors (Lipinski definition) is 8. The number of guanidine groups is 1. The highest BCUT2D eigenvalue weighted by Crippen LogP contribution is 2.48. The number of hydrogen-bond donors (Lipinski definition) is 0. The van der Waals surface area contributed by atoms with Crippen molar-refractivity contribution in [2.75, 3.05) is 50.2 Å². The number of piperazine rings is 1. The molecule has 5 rings (SSSR count). The maximum Gasteiger partial charge on any atom is 0.416 e. The van der Waals surface area contributed by atoms with E-state index in [4.69, 9.17) is 14.2 Å². The molecule has 2 heterocycles. The van der Waals surface area contributed by atoms with Gasteiger partial charge in [0.05, 0.1) is 25.5 Å². The Kier molecular flexibility index (Phi) is 7.65. The highest BCUT2D eigenvalue weighted by molar-refractivity contribution is 6.02. The van der Waals surface area contributed by atoms with E-state index in [1.807, 2.05) is 29.2 Å². The van der Waals surface area contributed by atoms with E-state index < -0.39 is 29.3 Å². The van der Waals surface area contributed by atoms with Crippen LogP contribution >= 0.6 is 0 Å². The van der Waals surface area contributed by atoms with E-state index in [2.05, 4.69) is 9.89 Å². The Labute approximate surface area is 240 Å². The van der Waals surface area contributed by atoms with Crippen molar-refractivity contribution >= 4 is 29.0 Å². The molecule has 12 heteroatoms. The molecule has 0 bridgehead atoms. The smallest absolute Gasteiger partial charge is 0.416 e. The van der Waals surface area contributed by atoms with Crippen LogP contribution in [0.25, 0.3) is 0 Å². The molecule has 1 saturated heterocycles. The van der Waals surface area contributed by atoms with Gasteiger partial charge in [-0.15, -0.1) is 0 Å². The minimum absolute atomic E-state index is 0.0417. The molecular weight excluding hydrogens is 556 g/mol. The molecule has 8 nitrogen and oxygen atoms in total. The molecule has 2 aliphatic heterocycles. The Morgan fingerprint density at radius 3 is 2.26 bits per heavy atom. The predicted octanol–water partition coefficient (Wildman–Crippen LogP) is 5.93. The molecule has 3 aromatic carbocycles. The minimum atomic E-state index is -4.67. The summed E-state index contributed by atoms with van der Waals surface area (Å²) in [5.74, 6) is -0.455. The topological polar surface area (TPSA) is 66.8 Å². The van der Waals surface area contributed by atoms with Crippen molar-refractivity contribution in [2.45, 2.75) is 25.7 Å². The monoisotopic (exact) mass is 586 g/mol. The van der Waals surface area contributed by atoms with Crippen LogP contribution in [0.1, 0.15) is 25.0 Å². The lowest BCUT2D eigenvalue weighted by Gasteiger charge is -2.49. The molecule has 222 valence electrons. The van der Waals surface area contributed by atoms with Gasteiger partial charge >= 0.3 is 12.1 Å². The Morgan fingerprint density at radius 2 is 1.62 bits per heavy atom. The van der Waals surface area contributed by atoms with Crippen molar-refractivity contribution in [2.24, 2.45) is 4.99 Å². The number of esters is 1. The summed E-state index contributed by atoms with van der Waals surface area (Å²) >= 11 is 0. The Hall–Kier alpha value is -4.48. The number of nitrogens with zero attached hydrogens (tertiary/aromatic N) is 4. The van der Waals surface area contributed by atoms with Gasteiger partial charge in [-0.25, -0.2) is 9.38 Å². The highest BCUT2D eigenvalue weighted by Gasteiger charge is 2.49. The van der Waals surface area contributed by atoms with Crippen molar-refractivity contribution in [1.82, 2.24) is 4.90 Å². The lowest BCUT2D eigenvalue weighted by atomic mass is 9.96. The van der Waals surface area contributed by atoms with Crippen molar-refractivity contribution in [3.63, 3.8) is 0 Å². The first-order chi connectivity index (χ1) is 20.0. The molecule has 0 aromatic heterocycles. The number of carbonyl (C=O) groups is 1. The maximum atomic E-state index is 15.3. The summed E-state index contributed by atoms with van der Waals surface area (Å²) < 4.78 is 73.7. The normalized spacial score (nSPS) is 18.8. The summed E-state index contributed by atoms with van der Waals surface area (Å²) in [5, 5.41) is 0. The zero-order valence-electron chi connectivity index (χ0n) is 23.5. The first-order valence-electron chi connectivity index (χ1n) is 13.2. The van der Waals surface area contributed by atoms with Crippen molar-refractivity contribution in [3.8, 4) is 11.5 Å². The number of fused-ring (bicyclic) bond motifs is 1. The van der Waals surface area contributed by atoms with E-state index in [1.54, 1.807) is 7.11 Å².